The summed E-state index contributed by atoms with van der Waals surface area (Å²) in [4.78, 5) is 36.3. The Hall–Kier alpha value is -4.19. The first-order valence-electron chi connectivity index (χ1n) is 9.71. The van der Waals surface area contributed by atoms with Gasteiger partial charge in [-0.2, -0.15) is 0 Å². The fraction of sp³-hybridized carbons (Fsp3) is 0.0800. The van der Waals surface area contributed by atoms with Gasteiger partial charge >= 0.3 is 11.9 Å². The van der Waals surface area contributed by atoms with E-state index in [1.807, 2.05) is 30.3 Å². The maximum atomic E-state index is 12.9. The third-order valence-electron chi connectivity index (χ3n) is 5.44. The number of fused-ring (bicyclic) bond motifs is 3. The molecule has 0 amide bonds. The molecule has 0 aliphatic carbocycles. The molecule has 0 bridgehead atoms. The van der Waals surface area contributed by atoms with Crippen LogP contribution in [-0.2, 0) is 4.79 Å². The quantitative estimate of drug-likeness (QED) is 0.389. The van der Waals surface area contributed by atoms with Crippen molar-refractivity contribution in [2.75, 3.05) is 0 Å². The van der Waals surface area contributed by atoms with Crippen LogP contribution >= 0.6 is 0 Å². The van der Waals surface area contributed by atoms with Crippen molar-refractivity contribution >= 4 is 23.8 Å². The number of carbonyl (C=O) groups excluding carboxylic acids is 2. The number of carboxylic acid groups (broad SMARTS) is 1. The lowest BCUT2D eigenvalue weighted by Gasteiger charge is -2.26. The van der Waals surface area contributed by atoms with E-state index in [-0.39, 0.29) is 23.5 Å². The Balaban J connectivity index is 1.60. The Labute approximate surface area is 177 Å². The number of benzene rings is 3. The second kappa shape index (κ2) is 7.25. The molecule has 0 saturated heterocycles. The van der Waals surface area contributed by atoms with Crippen LogP contribution in [0.3, 0.4) is 0 Å². The molecule has 0 fully saturated rings. The Bertz CT molecular complexity index is 1260. The largest absolute Gasteiger partial charge is 0.478 e. The second-order valence-electron chi connectivity index (χ2n) is 7.36. The van der Waals surface area contributed by atoms with Crippen molar-refractivity contribution in [2.45, 2.75) is 12.3 Å². The van der Waals surface area contributed by atoms with E-state index in [1.54, 1.807) is 30.3 Å². The molecule has 3 aromatic carbocycles. The lowest BCUT2D eigenvalue weighted by Crippen LogP contribution is -2.21. The summed E-state index contributed by atoms with van der Waals surface area (Å²) >= 11 is 0. The maximum absolute atomic E-state index is 12.9. The van der Waals surface area contributed by atoms with E-state index in [9.17, 15) is 14.4 Å². The zero-order chi connectivity index (χ0) is 21.5. The van der Waals surface area contributed by atoms with E-state index >= 15 is 0 Å². The molecular weight excluding hydrogens is 396 g/mol. The highest BCUT2D eigenvalue weighted by atomic mass is 16.5. The van der Waals surface area contributed by atoms with E-state index in [4.69, 9.17) is 14.6 Å². The summed E-state index contributed by atoms with van der Waals surface area (Å²) in [6.45, 7) is 0. The number of hydrogen-bond donors (Lipinski definition) is 1. The predicted octanol–water partition coefficient (Wildman–Crippen LogP) is 4.44. The molecule has 2 aliphatic heterocycles. The van der Waals surface area contributed by atoms with Gasteiger partial charge in [0.15, 0.2) is 5.76 Å². The summed E-state index contributed by atoms with van der Waals surface area (Å²) in [5.74, 6) is -1.16. The molecule has 0 radical (unpaired) electrons. The highest BCUT2D eigenvalue weighted by molar-refractivity contribution is 6.15. The molecule has 3 aromatic rings. The summed E-state index contributed by atoms with van der Waals surface area (Å²) in [5.41, 5.74) is 2.75. The number of hydrogen-bond acceptors (Lipinski definition) is 5. The smallest absolute Gasteiger partial charge is 0.335 e. The Morgan fingerprint density at radius 1 is 0.935 bits per heavy atom. The monoisotopic (exact) mass is 412 g/mol. The zero-order valence-electron chi connectivity index (χ0n) is 16.2. The summed E-state index contributed by atoms with van der Waals surface area (Å²) in [5, 5.41) is 9.15. The number of allylic oxidation sites excluding steroid dienone is 1. The zero-order valence-corrected chi connectivity index (χ0v) is 16.2. The normalized spacial score (nSPS) is 18.2. The molecule has 5 rings (SSSR count). The Morgan fingerprint density at radius 2 is 1.68 bits per heavy atom. The number of ether oxygens (including phenoxy) is 2. The van der Waals surface area contributed by atoms with Gasteiger partial charge in [-0.05, 0) is 41.5 Å². The number of carbonyl (C=O) groups is 3. The second-order valence-corrected chi connectivity index (χ2v) is 7.36. The van der Waals surface area contributed by atoms with Crippen LogP contribution in [0.5, 0.6) is 11.5 Å². The molecule has 2 aliphatic rings. The van der Waals surface area contributed by atoms with Gasteiger partial charge in [0.1, 0.15) is 11.5 Å². The van der Waals surface area contributed by atoms with Gasteiger partial charge in [0.25, 0.3) is 0 Å². The number of rotatable bonds is 3. The standard InChI is InChI=1S/C25H16O6/c26-21-13-18(15-6-8-16(9-7-15)25(28)29)22-19(30-21)11-10-17-23(27)20(31-24(17)22)12-14-4-2-1-3-5-14/h1-12,18H,13H2,(H,28,29)/b20-12-/t18-/m1/s1. The summed E-state index contributed by atoms with van der Waals surface area (Å²) in [7, 11) is 0. The summed E-state index contributed by atoms with van der Waals surface area (Å²) in [6.07, 6.45) is 1.74. The molecule has 0 aromatic heterocycles. The molecular formula is C25H16O6. The van der Waals surface area contributed by atoms with Gasteiger partial charge in [0, 0.05) is 11.5 Å². The molecule has 152 valence electrons. The minimum atomic E-state index is -1.03. The molecule has 0 saturated carbocycles. The van der Waals surface area contributed by atoms with Crippen LogP contribution in [0.15, 0.2) is 72.5 Å². The van der Waals surface area contributed by atoms with Crippen LogP contribution in [-0.4, -0.2) is 22.8 Å². The predicted molar refractivity (Wildman–Crippen MR) is 111 cm³/mol. The van der Waals surface area contributed by atoms with Gasteiger partial charge in [-0.1, -0.05) is 42.5 Å². The number of ketones is 1. The van der Waals surface area contributed by atoms with Gasteiger partial charge < -0.3 is 14.6 Å². The number of esters is 1. The first-order chi connectivity index (χ1) is 15.0. The van der Waals surface area contributed by atoms with Gasteiger partial charge in [0.05, 0.1) is 17.5 Å². The van der Waals surface area contributed by atoms with Crippen molar-refractivity contribution in [2.24, 2.45) is 0 Å². The average Bonchev–Trinajstić information content (AvgIpc) is 3.09. The van der Waals surface area contributed by atoms with Gasteiger partial charge in [-0.3, -0.25) is 9.59 Å². The molecule has 2 heterocycles. The van der Waals surface area contributed by atoms with E-state index in [0.29, 0.717) is 22.6 Å². The first-order valence-corrected chi connectivity index (χ1v) is 9.71. The Kier molecular flexibility index (Phi) is 4.40. The van der Waals surface area contributed by atoms with Crippen LogP contribution in [0, 0.1) is 0 Å². The van der Waals surface area contributed by atoms with Crippen molar-refractivity contribution in [3.8, 4) is 11.5 Å². The van der Waals surface area contributed by atoms with Gasteiger partial charge in [0.2, 0.25) is 5.78 Å². The summed E-state index contributed by atoms with van der Waals surface area (Å²) in [6, 6.07) is 18.9. The molecule has 1 N–H and O–H groups in total. The van der Waals surface area contributed by atoms with Gasteiger partial charge in [-0.25, -0.2) is 4.79 Å². The summed E-state index contributed by atoms with van der Waals surface area (Å²) < 4.78 is 11.4. The van der Waals surface area contributed by atoms with Crippen LogP contribution < -0.4 is 9.47 Å². The van der Waals surface area contributed by atoms with E-state index in [1.165, 1.54) is 12.1 Å². The number of Topliss-reactive ketones (excluding diaryl/α,β-unsaturated/α-hetero) is 1. The first kappa shape index (κ1) is 18.8. The van der Waals surface area contributed by atoms with E-state index in [0.717, 1.165) is 11.1 Å². The Morgan fingerprint density at radius 3 is 2.39 bits per heavy atom. The van der Waals surface area contributed by atoms with Crippen molar-refractivity contribution in [3.63, 3.8) is 0 Å². The third-order valence-corrected chi connectivity index (χ3v) is 5.44. The van der Waals surface area contributed by atoms with Crippen LogP contribution in [0.25, 0.3) is 6.08 Å². The fourth-order valence-corrected chi connectivity index (χ4v) is 3.95. The van der Waals surface area contributed by atoms with Crippen molar-refractivity contribution in [1.82, 2.24) is 0 Å². The van der Waals surface area contributed by atoms with Crippen LogP contribution in [0.4, 0.5) is 0 Å². The number of aromatic carboxylic acids is 1. The van der Waals surface area contributed by atoms with Crippen molar-refractivity contribution < 1.29 is 29.0 Å². The molecule has 0 spiro atoms. The molecule has 6 heteroatoms. The average molecular weight is 412 g/mol. The maximum Gasteiger partial charge on any atom is 0.335 e. The third kappa shape index (κ3) is 3.28. The van der Waals surface area contributed by atoms with Crippen molar-refractivity contribution in [3.05, 3.63) is 100 Å². The highest BCUT2D eigenvalue weighted by Crippen LogP contribution is 2.48. The topological polar surface area (TPSA) is 89.9 Å². The van der Waals surface area contributed by atoms with Crippen LogP contribution in [0.2, 0.25) is 0 Å². The fourth-order valence-electron chi connectivity index (χ4n) is 3.95. The molecule has 1 atom stereocenters. The SMILES string of the molecule is O=C1C[C@H](c2ccc(C(=O)O)cc2)c2c(ccc3c2O/C(=C\c2ccccc2)C3=O)O1. The minimum absolute atomic E-state index is 0.0607. The van der Waals surface area contributed by atoms with E-state index in [2.05, 4.69) is 0 Å². The molecule has 6 nitrogen and oxygen atoms in total. The van der Waals surface area contributed by atoms with Gasteiger partial charge in [-0.15, -0.1) is 0 Å². The van der Waals surface area contributed by atoms with Crippen molar-refractivity contribution in [1.29, 1.82) is 0 Å². The lowest BCUT2D eigenvalue weighted by molar-refractivity contribution is -0.135. The molecule has 0 unspecified atom stereocenters. The highest BCUT2D eigenvalue weighted by Gasteiger charge is 2.38. The minimum Gasteiger partial charge on any atom is -0.478 e. The van der Waals surface area contributed by atoms with Crippen LogP contribution in [0.1, 0.15) is 49.7 Å². The lowest BCUT2D eigenvalue weighted by atomic mass is 9.84. The number of carboxylic acids is 1. The molecule has 31 heavy (non-hydrogen) atoms. The van der Waals surface area contributed by atoms with E-state index < -0.39 is 17.9 Å².